The molecule has 0 saturated heterocycles. The standard InChI is InChI=1S/C21H27N3O/c1-21(2)10-8-18(9-11-21)23-13-15-6-7-19(24-14-15)16-4-3-5-17(12-16)20(22)25/h3-7,12,14,18,23H,8-11,13H2,1-2H3,(H2,22,25). The minimum Gasteiger partial charge on any atom is -0.366 e. The Morgan fingerprint density at radius 1 is 1.24 bits per heavy atom. The summed E-state index contributed by atoms with van der Waals surface area (Å²) >= 11 is 0. The SMILES string of the molecule is CC1(C)CCC(NCc2ccc(-c3cccc(C(N)=O)c3)nc2)CC1. The number of benzene rings is 1. The monoisotopic (exact) mass is 337 g/mol. The van der Waals surface area contributed by atoms with Crippen molar-refractivity contribution >= 4 is 5.91 Å². The number of amides is 1. The van der Waals surface area contributed by atoms with E-state index < -0.39 is 5.91 Å². The molecule has 0 radical (unpaired) electrons. The van der Waals surface area contributed by atoms with Gasteiger partial charge in [-0.1, -0.05) is 32.0 Å². The Bertz CT molecular complexity index is 727. The number of nitrogens with two attached hydrogens (primary N) is 1. The molecule has 1 heterocycles. The lowest BCUT2D eigenvalue weighted by Crippen LogP contribution is -2.35. The molecule has 3 N–H and O–H groups in total. The zero-order valence-electron chi connectivity index (χ0n) is 15.1. The van der Waals surface area contributed by atoms with Crippen LogP contribution >= 0.6 is 0 Å². The molecule has 0 unspecified atom stereocenters. The van der Waals surface area contributed by atoms with Gasteiger partial charge in [-0.05, 0) is 54.9 Å². The van der Waals surface area contributed by atoms with Crippen molar-refractivity contribution in [1.82, 2.24) is 10.3 Å². The van der Waals surface area contributed by atoms with Gasteiger partial charge in [-0.2, -0.15) is 0 Å². The highest BCUT2D eigenvalue weighted by atomic mass is 16.1. The van der Waals surface area contributed by atoms with Crippen LogP contribution in [0.15, 0.2) is 42.6 Å². The van der Waals surface area contributed by atoms with E-state index in [2.05, 4.69) is 30.2 Å². The van der Waals surface area contributed by atoms with Crippen molar-refractivity contribution in [3.05, 3.63) is 53.7 Å². The van der Waals surface area contributed by atoms with Gasteiger partial charge < -0.3 is 11.1 Å². The van der Waals surface area contributed by atoms with Crippen LogP contribution in [-0.4, -0.2) is 16.9 Å². The first-order valence-electron chi connectivity index (χ1n) is 9.01. The third-order valence-electron chi connectivity index (χ3n) is 5.20. The highest BCUT2D eigenvalue weighted by Gasteiger charge is 2.26. The summed E-state index contributed by atoms with van der Waals surface area (Å²) in [6.45, 7) is 5.57. The maximum Gasteiger partial charge on any atom is 0.248 e. The van der Waals surface area contributed by atoms with E-state index in [0.717, 1.165) is 17.8 Å². The van der Waals surface area contributed by atoms with Crippen LogP contribution in [0.2, 0.25) is 0 Å². The van der Waals surface area contributed by atoms with E-state index in [9.17, 15) is 4.79 Å². The van der Waals surface area contributed by atoms with Crippen LogP contribution in [0.1, 0.15) is 55.5 Å². The second kappa shape index (κ2) is 7.36. The highest BCUT2D eigenvalue weighted by Crippen LogP contribution is 2.35. The van der Waals surface area contributed by atoms with Crippen LogP contribution in [0, 0.1) is 5.41 Å². The Morgan fingerprint density at radius 3 is 2.64 bits per heavy atom. The molecule has 0 atom stereocenters. The van der Waals surface area contributed by atoms with Crippen molar-refractivity contribution in [3.63, 3.8) is 0 Å². The molecule has 0 aliphatic heterocycles. The Kier molecular flexibility index (Phi) is 5.19. The number of primary amides is 1. The predicted molar refractivity (Wildman–Crippen MR) is 101 cm³/mol. The lowest BCUT2D eigenvalue weighted by molar-refractivity contribution is 0.100. The normalized spacial score (nSPS) is 17.4. The first-order chi connectivity index (χ1) is 11.9. The number of hydrogen-bond donors (Lipinski definition) is 2. The lowest BCUT2D eigenvalue weighted by atomic mass is 9.75. The fraction of sp³-hybridized carbons (Fsp3) is 0.429. The quantitative estimate of drug-likeness (QED) is 0.869. The molecule has 2 aromatic rings. The van der Waals surface area contributed by atoms with E-state index in [-0.39, 0.29) is 0 Å². The van der Waals surface area contributed by atoms with Crippen LogP contribution in [0.5, 0.6) is 0 Å². The smallest absolute Gasteiger partial charge is 0.248 e. The van der Waals surface area contributed by atoms with E-state index in [1.54, 1.807) is 12.1 Å². The number of rotatable bonds is 5. The number of nitrogens with zero attached hydrogens (tertiary/aromatic N) is 1. The van der Waals surface area contributed by atoms with Gasteiger partial charge in [0.25, 0.3) is 0 Å². The number of carbonyl (C=O) groups is 1. The number of carbonyl (C=O) groups excluding carboxylic acids is 1. The van der Waals surface area contributed by atoms with Crippen molar-refractivity contribution in [2.24, 2.45) is 11.1 Å². The summed E-state index contributed by atoms with van der Waals surface area (Å²) in [5.41, 5.74) is 9.29. The van der Waals surface area contributed by atoms with Crippen molar-refractivity contribution in [2.45, 2.75) is 52.1 Å². The maximum absolute atomic E-state index is 11.3. The van der Waals surface area contributed by atoms with Crippen molar-refractivity contribution < 1.29 is 4.79 Å². The van der Waals surface area contributed by atoms with E-state index in [0.29, 0.717) is 17.0 Å². The summed E-state index contributed by atoms with van der Waals surface area (Å²) < 4.78 is 0. The molecule has 1 aliphatic carbocycles. The summed E-state index contributed by atoms with van der Waals surface area (Å²) in [4.78, 5) is 15.9. The predicted octanol–water partition coefficient (Wildman–Crippen LogP) is 3.91. The largest absolute Gasteiger partial charge is 0.366 e. The Labute approximate surface area is 149 Å². The second-order valence-corrected chi connectivity index (χ2v) is 7.82. The summed E-state index contributed by atoms with van der Waals surface area (Å²) in [5, 5.41) is 3.66. The molecule has 1 aliphatic rings. The van der Waals surface area contributed by atoms with Crippen LogP contribution in [-0.2, 0) is 6.54 Å². The molecule has 1 aromatic carbocycles. The zero-order chi connectivity index (χ0) is 17.9. The summed E-state index contributed by atoms with van der Waals surface area (Å²) in [5.74, 6) is -0.418. The van der Waals surface area contributed by atoms with Gasteiger partial charge in [0, 0.05) is 29.9 Å². The third-order valence-corrected chi connectivity index (χ3v) is 5.20. The lowest BCUT2D eigenvalue weighted by Gasteiger charge is -2.34. The Morgan fingerprint density at radius 2 is 2.00 bits per heavy atom. The first-order valence-corrected chi connectivity index (χ1v) is 9.01. The number of hydrogen-bond acceptors (Lipinski definition) is 3. The van der Waals surface area contributed by atoms with Gasteiger partial charge in [-0.3, -0.25) is 9.78 Å². The Balaban J connectivity index is 1.59. The summed E-state index contributed by atoms with van der Waals surface area (Å²) in [6.07, 6.45) is 6.99. The van der Waals surface area contributed by atoms with Crippen molar-refractivity contribution in [3.8, 4) is 11.3 Å². The van der Waals surface area contributed by atoms with Gasteiger partial charge in [0.15, 0.2) is 0 Å². The zero-order valence-corrected chi connectivity index (χ0v) is 15.1. The van der Waals surface area contributed by atoms with E-state index >= 15 is 0 Å². The van der Waals surface area contributed by atoms with Gasteiger partial charge in [0.05, 0.1) is 5.69 Å². The average Bonchev–Trinajstić information content (AvgIpc) is 2.61. The third kappa shape index (κ3) is 4.67. The minimum absolute atomic E-state index is 0.418. The van der Waals surface area contributed by atoms with Gasteiger partial charge >= 0.3 is 0 Å². The number of pyridine rings is 1. The highest BCUT2D eigenvalue weighted by molar-refractivity contribution is 5.93. The molecular weight excluding hydrogens is 310 g/mol. The van der Waals surface area contributed by atoms with Gasteiger partial charge in [0.2, 0.25) is 5.91 Å². The molecule has 4 heteroatoms. The molecule has 1 amide bonds. The molecular formula is C21H27N3O. The minimum atomic E-state index is -0.418. The molecule has 1 aromatic heterocycles. The van der Waals surface area contributed by atoms with Crippen LogP contribution in [0.25, 0.3) is 11.3 Å². The summed E-state index contributed by atoms with van der Waals surface area (Å²) in [6, 6.07) is 12.0. The molecule has 1 fully saturated rings. The molecule has 1 saturated carbocycles. The van der Waals surface area contributed by atoms with Crippen molar-refractivity contribution in [1.29, 1.82) is 0 Å². The fourth-order valence-corrected chi connectivity index (χ4v) is 3.40. The topological polar surface area (TPSA) is 68.0 Å². The molecule has 3 rings (SSSR count). The maximum atomic E-state index is 11.3. The Hall–Kier alpha value is -2.20. The fourth-order valence-electron chi connectivity index (χ4n) is 3.40. The van der Waals surface area contributed by atoms with Crippen LogP contribution in [0.4, 0.5) is 0 Å². The van der Waals surface area contributed by atoms with Gasteiger partial charge in [0.1, 0.15) is 0 Å². The van der Waals surface area contributed by atoms with E-state index in [1.807, 2.05) is 24.4 Å². The molecule has 25 heavy (non-hydrogen) atoms. The first kappa shape index (κ1) is 17.6. The van der Waals surface area contributed by atoms with Crippen LogP contribution < -0.4 is 11.1 Å². The second-order valence-electron chi connectivity index (χ2n) is 7.82. The molecule has 132 valence electrons. The van der Waals surface area contributed by atoms with Crippen molar-refractivity contribution in [2.75, 3.05) is 0 Å². The molecule has 4 nitrogen and oxygen atoms in total. The average molecular weight is 337 g/mol. The van der Waals surface area contributed by atoms with E-state index in [4.69, 9.17) is 5.73 Å². The molecule has 0 spiro atoms. The van der Waals surface area contributed by atoms with E-state index in [1.165, 1.54) is 31.2 Å². The van der Waals surface area contributed by atoms with Gasteiger partial charge in [-0.15, -0.1) is 0 Å². The summed E-state index contributed by atoms with van der Waals surface area (Å²) in [7, 11) is 0. The molecule has 0 bridgehead atoms. The van der Waals surface area contributed by atoms with Gasteiger partial charge in [-0.25, -0.2) is 0 Å². The number of aromatic nitrogens is 1. The van der Waals surface area contributed by atoms with Crippen LogP contribution in [0.3, 0.4) is 0 Å². The number of nitrogens with one attached hydrogen (secondary N) is 1.